The van der Waals surface area contributed by atoms with Crippen LogP contribution in [0.4, 0.5) is 4.39 Å². The van der Waals surface area contributed by atoms with Crippen molar-refractivity contribution in [2.75, 3.05) is 0 Å². The van der Waals surface area contributed by atoms with Gasteiger partial charge in [0, 0.05) is 5.38 Å². The summed E-state index contributed by atoms with van der Waals surface area (Å²) in [6.07, 6.45) is 1.97. The van der Waals surface area contributed by atoms with Crippen LogP contribution in [0.2, 0.25) is 0 Å². The summed E-state index contributed by atoms with van der Waals surface area (Å²) in [5.74, 6) is 0.501. The van der Waals surface area contributed by atoms with Crippen LogP contribution in [0, 0.1) is 11.7 Å². The first-order valence-electron chi connectivity index (χ1n) is 5.19. The van der Waals surface area contributed by atoms with Gasteiger partial charge < -0.3 is 0 Å². The Balaban J connectivity index is 2.34. The molecule has 1 aromatic rings. The maximum absolute atomic E-state index is 13.9. The highest BCUT2D eigenvalue weighted by Crippen LogP contribution is 2.43. The smallest absolute Gasteiger partial charge is 0.140 e. The summed E-state index contributed by atoms with van der Waals surface area (Å²) < 4.78 is 14.4. The highest BCUT2D eigenvalue weighted by molar-refractivity contribution is 9.10. The monoisotopic (exact) mass is 290 g/mol. The molecular formula is C12H13BrClF. The Labute approximate surface area is 103 Å². The van der Waals surface area contributed by atoms with Crippen molar-refractivity contribution in [2.24, 2.45) is 5.92 Å². The van der Waals surface area contributed by atoms with E-state index in [0.29, 0.717) is 10.4 Å². The van der Waals surface area contributed by atoms with Crippen molar-refractivity contribution in [1.82, 2.24) is 0 Å². The predicted octanol–water partition coefficient (Wildman–Crippen LogP) is 4.71. The molecule has 82 valence electrons. The SMILES string of the molecule is CC1C(Cl)CCC1c1cccc(Br)c1F. The fourth-order valence-corrected chi connectivity index (χ4v) is 3.05. The summed E-state index contributed by atoms with van der Waals surface area (Å²) in [5.41, 5.74) is 0.806. The molecule has 0 saturated heterocycles. The van der Waals surface area contributed by atoms with Gasteiger partial charge in [0.15, 0.2) is 0 Å². The molecule has 1 aromatic carbocycles. The van der Waals surface area contributed by atoms with Crippen LogP contribution in [0.3, 0.4) is 0 Å². The van der Waals surface area contributed by atoms with Crippen molar-refractivity contribution in [1.29, 1.82) is 0 Å². The molecule has 0 aromatic heterocycles. The number of benzene rings is 1. The van der Waals surface area contributed by atoms with Crippen molar-refractivity contribution in [2.45, 2.75) is 31.1 Å². The van der Waals surface area contributed by atoms with E-state index in [4.69, 9.17) is 11.6 Å². The molecule has 0 nitrogen and oxygen atoms in total. The van der Waals surface area contributed by atoms with Crippen molar-refractivity contribution in [3.63, 3.8) is 0 Å². The molecule has 1 fully saturated rings. The second kappa shape index (κ2) is 4.42. The number of hydrogen-bond acceptors (Lipinski definition) is 0. The Kier molecular flexibility index (Phi) is 3.36. The predicted molar refractivity (Wildman–Crippen MR) is 64.9 cm³/mol. The molecule has 3 unspecified atom stereocenters. The van der Waals surface area contributed by atoms with Gasteiger partial charge in [0.1, 0.15) is 5.82 Å². The average molecular weight is 292 g/mol. The topological polar surface area (TPSA) is 0 Å². The quantitative estimate of drug-likeness (QED) is 0.657. The van der Waals surface area contributed by atoms with Gasteiger partial charge in [-0.3, -0.25) is 0 Å². The van der Waals surface area contributed by atoms with E-state index in [-0.39, 0.29) is 17.1 Å². The third kappa shape index (κ3) is 2.07. The summed E-state index contributed by atoms with van der Waals surface area (Å²) in [5, 5.41) is 0.188. The molecule has 1 aliphatic rings. The standard InChI is InChI=1S/C12H13BrClF/c1-7-8(5-6-11(7)14)9-3-2-4-10(13)12(9)15/h2-4,7-8,11H,5-6H2,1H3. The van der Waals surface area contributed by atoms with E-state index in [0.717, 1.165) is 18.4 Å². The molecule has 0 spiro atoms. The van der Waals surface area contributed by atoms with Gasteiger partial charge in [-0.1, -0.05) is 19.1 Å². The van der Waals surface area contributed by atoms with Gasteiger partial charge in [-0.25, -0.2) is 4.39 Å². The van der Waals surface area contributed by atoms with Gasteiger partial charge in [0.25, 0.3) is 0 Å². The molecule has 1 saturated carbocycles. The van der Waals surface area contributed by atoms with Crippen LogP contribution in [0.15, 0.2) is 22.7 Å². The van der Waals surface area contributed by atoms with E-state index < -0.39 is 0 Å². The minimum Gasteiger partial charge on any atom is -0.205 e. The first kappa shape index (κ1) is 11.4. The summed E-state index contributed by atoms with van der Waals surface area (Å²) in [4.78, 5) is 0. The number of rotatable bonds is 1. The molecule has 0 N–H and O–H groups in total. The van der Waals surface area contributed by atoms with Crippen molar-refractivity contribution in [3.8, 4) is 0 Å². The molecule has 0 amide bonds. The highest BCUT2D eigenvalue weighted by atomic mass is 79.9. The lowest BCUT2D eigenvalue weighted by atomic mass is 9.90. The molecule has 0 aliphatic heterocycles. The zero-order valence-corrected chi connectivity index (χ0v) is 10.9. The number of alkyl halides is 1. The Hall–Kier alpha value is -0.0800. The first-order chi connectivity index (χ1) is 7.11. The average Bonchev–Trinajstić information content (AvgIpc) is 2.53. The van der Waals surface area contributed by atoms with E-state index in [1.165, 1.54) is 0 Å². The highest BCUT2D eigenvalue weighted by Gasteiger charge is 2.34. The van der Waals surface area contributed by atoms with Gasteiger partial charge >= 0.3 is 0 Å². The van der Waals surface area contributed by atoms with Crippen molar-refractivity contribution < 1.29 is 4.39 Å². The molecule has 0 heterocycles. The lowest BCUT2D eigenvalue weighted by Gasteiger charge is -2.18. The van der Waals surface area contributed by atoms with E-state index in [9.17, 15) is 4.39 Å². The Morgan fingerprint density at radius 3 is 2.73 bits per heavy atom. The van der Waals surface area contributed by atoms with Crippen LogP contribution >= 0.6 is 27.5 Å². The molecule has 3 atom stereocenters. The maximum Gasteiger partial charge on any atom is 0.140 e. The molecular weight excluding hydrogens is 278 g/mol. The lowest BCUT2D eigenvalue weighted by Crippen LogP contribution is -2.10. The van der Waals surface area contributed by atoms with Crippen molar-refractivity contribution in [3.05, 3.63) is 34.1 Å². The molecule has 0 bridgehead atoms. The maximum atomic E-state index is 13.9. The fourth-order valence-electron chi connectivity index (χ4n) is 2.36. The van der Waals surface area contributed by atoms with Crippen LogP contribution in [0.1, 0.15) is 31.2 Å². The van der Waals surface area contributed by atoms with E-state index in [1.54, 1.807) is 6.07 Å². The molecule has 1 aliphatic carbocycles. The minimum atomic E-state index is -0.125. The van der Waals surface area contributed by atoms with Gasteiger partial charge in [-0.2, -0.15) is 0 Å². The van der Waals surface area contributed by atoms with Crippen LogP contribution in [-0.2, 0) is 0 Å². The van der Waals surface area contributed by atoms with Crippen LogP contribution in [-0.4, -0.2) is 5.38 Å². The zero-order chi connectivity index (χ0) is 11.0. The minimum absolute atomic E-state index is 0.125. The first-order valence-corrected chi connectivity index (χ1v) is 6.42. The Morgan fingerprint density at radius 1 is 1.40 bits per heavy atom. The summed E-state index contributed by atoms with van der Waals surface area (Å²) >= 11 is 9.39. The second-order valence-corrected chi connectivity index (χ2v) is 5.62. The van der Waals surface area contributed by atoms with E-state index in [2.05, 4.69) is 22.9 Å². The third-order valence-corrected chi connectivity index (χ3v) is 4.57. The van der Waals surface area contributed by atoms with Gasteiger partial charge in [0.05, 0.1) is 4.47 Å². The fraction of sp³-hybridized carbons (Fsp3) is 0.500. The van der Waals surface area contributed by atoms with Crippen LogP contribution in [0.25, 0.3) is 0 Å². The molecule has 0 radical (unpaired) electrons. The van der Waals surface area contributed by atoms with Gasteiger partial charge in [-0.05, 0) is 52.2 Å². The Morgan fingerprint density at radius 2 is 2.13 bits per heavy atom. The molecule has 3 heteroatoms. The normalized spacial score (nSPS) is 30.8. The Bertz CT molecular complexity index is 367. The third-order valence-electron chi connectivity index (χ3n) is 3.34. The van der Waals surface area contributed by atoms with E-state index >= 15 is 0 Å². The molecule has 2 rings (SSSR count). The van der Waals surface area contributed by atoms with Gasteiger partial charge in [0.2, 0.25) is 0 Å². The largest absolute Gasteiger partial charge is 0.205 e. The second-order valence-electron chi connectivity index (χ2n) is 4.20. The lowest BCUT2D eigenvalue weighted by molar-refractivity contribution is 0.502. The summed E-state index contributed by atoms with van der Waals surface area (Å²) in [6, 6.07) is 5.49. The van der Waals surface area contributed by atoms with Crippen LogP contribution < -0.4 is 0 Å². The van der Waals surface area contributed by atoms with Crippen molar-refractivity contribution >= 4 is 27.5 Å². The number of hydrogen-bond donors (Lipinski definition) is 0. The summed E-state index contributed by atoms with van der Waals surface area (Å²) in [7, 11) is 0. The number of halogens is 3. The van der Waals surface area contributed by atoms with Gasteiger partial charge in [-0.15, -0.1) is 11.6 Å². The van der Waals surface area contributed by atoms with E-state index in [1.807, 2.05) is 12.1 Å². The molecule has 15 heavy (non-hydrogen) atoms. The summed E-state index contributed by atoms with van der Waals surface area (Å²) in [6.45, 7) is 2.11. The van der Waals surface area contributed by atoms with Crippen LogP contribution in [0.5, 0.6) is 0 Å². The zero-order valence-electron chi connectivity index (χ0n) is 8.51.